The molecule has 0 saturated carbocycles. The molecule has 2 atom stereocenters. The van der Waals surface area contributed by atoms with Crippen molar-refractivity contribution in [1.82, 2.24) is 9.80 Å². The summed E-state index contributed by atoms with van der Waals surface area (Å²) in [6.07, 6.45) is 5.74. The fourth-order valence-electron chi connectivity index (χ4n) is 4.41. The molecule has 2 aliphatic rings. The van der Waals surface area contributed by atoms with Gasteiger partial charge in [-0.1, -0.05) is 24.6 Å². The van der Waals surface area contributed by atoms with E-state index in [1.165, 1.54) is 19.3 Å². The van der Waals surface area contributed by atoms with Gasteiger partial charge in [-0.05, 0) is 69.3 Å². The van der Waals surface area contributed by atoms with Crippen molar-refractivity contribution in [3.05, 3.63) is 30.3 Å². The first-order valence-corrected chi connectivity index (χ1v) is 10.5. The van der Waals surface area contributed by atoms with E-state index in [1.807, 2.05) is 35.2 Å². The lowest BCUT2D eigenvalue weighted by Crippen LogP contribution is -2.47. The molecule has 2 fully saturated rings. The highest BCUT2D eigenvalue weighted by Gasteiger charge is 2.33. The second-order valence-electron chi connectivity index (χ2n) is 8.04. The van der Waals surface area contributed by atoms with Crippen LogP contribution in [0.15, 0.2) is 30.3 Å². The third-order valence-corrected chi connectivity index (χ3v) is 6.05. The molecule has 6 nitrogen and oxygen atoms in total. The van der Waals surface area contributed by atoms with Crippen molar-refractivity contribution in [3.8, 4) is 5.75 Å². The number of carbonyl (C=O) groups excluding carboxylic acids is 1. The largest absolute Gasteiger partial charge is 0.484 e. The maximum Gasteiger partial charge on any atom is 0.303 e. The van der Waals surface area contributed by atoms with Crippen molar-refractivity contribution in [2.45, 2.75) is 38.5 Å². The van der Waals surface area contributed by atoms with Crippen LogP contribution >= 0.6 is 0 Å². The summed E-state index contributed by atoms with van der Waals surface area (Å²) in [4.78, 5) is 28.3. The van der Waals surface area contributed by atoms with E-state index in [1.54, 1.807) is 0 Å². The number of amides is 1. The van der Waals surface area contributed by atoms with Crippen LogP contribution < -0.4 is 4.74 Å². The van der Waals surface area contributed by atoms with E-state index < -0.39 is 5.97 Å². The van der Waals surface area contributed by atoms with Gasteiger partial charge in [0.2, 0.25) is 0 Å². The fourth-order valence-corrected chi connectivity index (χ4v) is 4.41. The van der Waals surface area contributed by atoms with Crippen molar-refractivity contribution in [2.24, 2.45) is 11.8 Å². The Morgan fingerprint density at radius 2 is 1.79 bits per heavy atom. The molecule has 1 amide bonds. The highest BCUT2D eigenvalue weighted by atomic mass is 16.5. The van der Waals surface area contributed by atoms with Gasteiger partial charge in [-0.3, -0.25) is 9.59 Å². The second-order valence-corrected chi connectivity index (χ2v) is 8.04. The van der Waals surface area contributed by atoms with Crippen LogP contribution in [-0.4, -0.2) is 66.1 Å². The van der Waals surface area contributed by atoms with Crippen LogP contribution in [0, 0.1) is 11.8 Å². The van der Waals surface area contributed by atoms with Crippen molar-refractivity contribution < 1.29 is 19.4 Å². The summed E-state index contributed by atoms with van der Waals surface area (Å²) >= 11 is 0. The number of rotatable bonds is 8. The van der Waals surface area contributed by atoms with Gasteiger partial charge in [0.1, 0.15) is 5.75 Å². The first-order chi connectivity index (χ1) is 13.6. The first kappa shape index (κ1) is 20.6. The summed E-state index contributed by atoms with van der Waals surface area (Å²) in [5.74, 6) is 0.341. The van der Waals surface area contributed by atoms with Gasteiger partial charge in [0.15, 0.2) is 6.61 Å². The van der Waals surface area contributed by atoms with E-state index in [0.717, 1.165) is 32.5 Å². The minimum absolute atomic E-state index is 0.0133. The molecule has 6 heteroatoms. The minimum Gasteiger partial charge on any atom is -0.484 e. The average molecular weight is 389 g/mol. The Morgan fingerprint density at radius 3 is 2.50 bits per heavy atom. The highest BCUT2D eigenvalue weighted by Crippen LogP contribution is 2.30. The minimum atomic E-state index is -0.736. The Bertz CT molecular complexity index is 631. The number of hydrogen-bond donors (Lipinski definition) is 1. The third-order valence-electron chi connectivity index (χ3n) is 6.05. The van der Waals surface area contributed by atoms with E-state index in [-0.39, 0.29) is 30.8 Å². The summed E-state index contributed by atoms with van der Waals surface area (Å²) in [6.45, 7) is 4.58. The van der Waals surface area contributed by atoms with Crippen molar-refractivity contribution in [2.75, 3.05) is 39.3 Å². The maximum atomic E-state index is 12.6. The quantitative estimate of drug-likeness (QED) is 0.742. The van der Waals surface area contributed by atoms with Crippen LogP contribution in [0.3, 0.4) is 0 Å². The number of nitrogens with zero attached hydrogens (tertiary/aromatic N) is 2. The summed E-state index contributed by atoms with van der Waals surface area (Å²) < 4.78 is 5.61. The zero-order chi connectivity index (χ0) is 19.8. The molecule has 2 saturated heterocycles. The number of aliphatic carboxylic acids is 1. The third kappa shape index (κ3) is 6.23. The predicted octanol–water partition coefficient (Wildman–Crippen LogP) is 2.88. The van der Waals surface area contributed by atoms with Crippen LogP contribution in [0.1, 0.15) is 38.5 Å². The van der Waals surface area contributed by atoms with Crippen LogP contribution in [0.4, 0.5) is 0 Å². The number of ether oxygens (including phenoxy) is 1. The van der Waals surface area contributed by atoms with E-state index in [2.05, 4.69) is 4.90 Å². The summed E-state index contributed by atoms with van der Waals surface area (Å²) in [5.41, 5.74) is 0. The Balaban J connectivity index is 1.53. The van der Waals surface area contributed by atoms with Crippen LogP contribution in [-0.2, 0) is 9.59 Å². The molecular weight excluding hydrogens is 356 g/mol. The maximum absolute atomic E-state index is 12.6. The van der Waals surface area contributed by atoms with Gasteiger partial charge in [0, 0.05) is 19.5 Å². The molecular formula is C22H32N2O4. The van der Waals surface area contributed by atoms with E-state index >= 15 is 0 Å². The van der Waals surface area contributed by atoms with Gasteiger partial charge in [-0.2, -0.15) is 0 Å². The zero-order valence-corrected chi connectivity index (χ0v) is 16.6. The molecule has 154 valence electrons. The summed E-state index contributed by atoms with van der Waals surface area (Å²) in [7, 11) is 0. The average Bonchev–Trinajstić information content (AvgIpc) is 2.72. The number of hydrogen-bond acceptors (Lipinski definition) is 4. The molecule has 2 unspecified atom stereocenters. The van der Waals surface area contributed by atoms with Crippen LogP contribution in [0.5, 0.6) is 5.75 Å². The van der Waals surface area contributed by atoms with Gasteiger partial charge >= 0.3 is 5.97 Å². The standard InChI is InChI=1S/C22H32N2O4/c25-21(17-28-20-7-3-1-4-8-20)24-14-10-18(15-22(26)27)19(16-24)9-13-23-11-5-2-6-12-23/h1,3-4,7-8,18-19H,2,5-6,9-17H2,(H,26,27). The van der Waals surface area contributed by atoms with Crippen LogP contribution in [0.25, 0.3) is 0 Å². The first-order valence-electron chi connectivity index (χ1n) is 10.5. The Hall–Kier alpha value is -2.08. The molecule has 0 spiro atoms. The molecule has 0 aromatic heterocycles. The lowest BCUT2D eigenvalue weighted by Gasteiger charge is -2.39. The molecule has 1 aromatic rings. The summed E-state index contributed by atoms with van der Waals surface area (Å²) in [5, 5.41) is 9.27. The Morgan fingerprint density at radius 1 is 1.04 bits per heavy atom. The summed E-state index contributed by atoms with van der Waals surface area (Å²) in [6, 6.07) is 9.36. The van der Waals surface area contributed by atoms with Gasteiger partial charge in [0.25, 0.3) is 5.91 Å². The molecule has 2 heterocycles. The molecule has 0 aliphatic carbocycles. The van der Waals surface area contributed by atoms with Crippen molar-refractivity contribution in [1.29, 1.82) is 0 Å². The van der Waals surface area contributed by atoms with E-state index in [9.17, 15) is 14.7 Å². The molecule has 3 rings (SSSR count). The Labute approximate surface area is 167 Å². The fraction of sp³-hybridized carbons (Fsp3) is 0.636. The van der Waals surface area contributed by atoms with Crippen molar-refractivity contribution in [3.63, 3.8) is 0 Å². The van der Waals surface area contributed by atoms with E-state index in [0.29, 0.717) is 18.8 Å². The number of carboxylic acids is 1. The molecule has 1 N–H and O–H groups in total. The lowest BCUT2D eigenvalue weighted by atomic mass is 9.81. The van der Waals surface area contributed by atoms with E-state index in [4.69, 9.17) is 4.74 Å². The zero-order valence-electron chi connectivity index (χ0n) is 16.6. The van der Waals surface area contributed by atoms with Gasteiger partial charge < -0.3 is 19.6 Å². The van der Waals surface area contributed by atoms with Crippen molar-refractivity contribution >= 4 is 11.9 Å². The molecule has 2 aliphatic heterocycles. The smallest absolute Gasteiger partial charge is 0.303 e. The number of carboxylic acid groups (broad SMARTS) is 1. The predicted molar refractivity (Wildman–Crippen MR) is 107 cm³/mol. The number of piperidine rings is 2. The molecule has 1 aromatic carbocycles. The number of benzene rings is 1. The number of carbonyl (C=O) groups is 2. The van der Waals surface area contributed by atoms with Gasteiger partial charge in [-0.15, -0.1) is 0 Å². The second kappa shape index (κ2) is 10.5. The molecule has 0 radical (unpaired) electrons. The number of likely N-dealkylation sites (tertiary alicyclic amines) is 2. The molecule has 0 bridgehead atoms. The Kier molecular flexibility index (Phi) is 7.71. The van der Waals surface area contributed by atoms with Gasteiger partial charge in [0.05, 0.1) is 0 Å². The van der Waals surface area contributed by atoms with Gasteiger partial charge in [-0.25, -0.2) is 0 Å². The molecule has 28 heavy (non-hydrogen) atoms. The normalized spacial score (nSPS) is 23.4. The highest BCUT2D eigenvalue weighted by molar-refractivity contribution is 5.78. The topological polar surface area (TPSA) is 70.1 Å². The monoisotopic (exact) mass is 388 g/mol. The lowest BCUT2D eigenvalue weighted by molar-refractivity contribution is -0.140. The van der Waals surface area contributed by atoms with Crippen LogP contribution in [0.2, 0.25) is 0 Å². The SMILES string of the molecule is O=C(O)CC1CCN(C(=O)COc2ccccc2)CC1CCN1CCCCC1. The number of para-hydroxylation sites is 1.